The number of methoxy groups -OCH3 is 3. The molecule has 1 aromatic heterocycles. The fourth-order valence-corrected chi connectivity index (χ4v) is 2.08. The molecule has 0 unspecified atom stereocenters. The molecule has 1 aromatic carbocycles. The first-order valence-corrected chi connectivity index (χ1v) is 6.92. The molecule has 0 saturated heterocycles. The molecule has 0 bridgehead atoms. The SMILES string of the molecule is COc1cc(-c2cc(C(=O)NCC(N)=O)[nH]n2)cc(OC)c1OC. The molecule has 2 aromatic rings. The number of carbonyl (C=O) groups excluding carboxylic acids is 2. The minimum absolute atomic E-state index is 0.194. The summed E-state index contributed by atoms with van der Waals surface area (Å²) in [4.78, 5) is 22.6. The monoisotopic (exact) mass is 334 g/mol. The Kier molecular flexibility index (Phi) is 5.25. The van der Waals surface area contributed by atoms with Crippen molar-refractivity contribution in [2.45, 2.75) is 0 Å². The second-order valence-electron chi connectivity index (χ2n) is 4.73. The predicted octanol–water partition coefficient (Wildman–Crippen LogP) is 0.318. The molecule has 0 fully saturated rings. The number of nitrogens with zero attached hydrogens (tertiary/aromatic N) is 1. The van der Waals surface area contributed by atoms with Gasteiger partial charge in [-0.2, -0.15) is 5.10 Å². The lowest BCUT2D eigenvalue weighted by atomic mass is 10.1. The van der Waals surface area contributed by atoms with Crippen molar-refractivity contribution in [2.24, 2.45) is 5.73 Å². The van der Waals surface area contributed by atoms with E-state index in [0.29, 0.717) is 28.5 Å². The number of primary amides is 1. The minimum Gasteiger partial charge on any atom is -0.493 e. The van der Waals surface area contributed by atoms with E-state index in [4.69, 9.17) is 19.9 Å². The van der Waals surface area contributed by atoms with E-state index in [2.05, 4.69) is 15.5 Å². The Hall–Kier alpha value is -3.23. The molecule has 1 heterocycles. The highest BCUT2D eigenvalue weighted by Crippen LogP contribution is 2.40. The fraction of sp³-hybridized carbons (Fsp3) is 0.267. The predicted molar refractivity (Wildman–Crippen MR) is 85.2 cm³/mol. The van der Waals surface area contributed by atoms with E-state index in [1.165, 1.54) is 27.4 Å². The molecule has 9 heteroatoms. The van der Waals surface area contributed by atoms with Gasteiger partial charge in [-0.3, -0.25) is 14.7 Å². The number of hydrogen-bond acceptors (Lipinski definition) is 6. The maximum absolute atomic E-state index is 11.9. The van der Waals surface area contributed by atoms with Crippen LogP contribution >= 0.6 is 0 Å². The first-order chi connectivity index (χ1) is 11.5. The van der Waals surface area contributed by atoms with Crippen LogP contribution in [-0.4, -0.2) is 49.9 Å². The highest BCUT2D eigenvalue weighted by atomic mass is 16.5. The number of aromatic nitrogens is 2. The van der Waals surface area contributed by atoms with E-state index < -0.39 is 11.8 Å². The fourth-order valence-electron chi connectivity index (χ4n) is 2.08. The molecule has 4 N–H and O–H groups in total. The summed E-state index contributed by atoms with van der Waals surface area (Å²) in [5.74, 6) is 0.274. The summed E-state index contributed by atoms with van der Waals surface area (Å²) in [6.07, 6.45) is 0. The summed E-state index contributed by atoms with van der Waals surface area (Å²) < 4.78 is 15.8. The van der Waals surface area contributed by atoms with Crippen LogP contribution in [0.4, 0.5) is 0 Å². The van der Waals surface area contributed by atoms with Crippen LogP contribution in [0.5, 0.6) is 17.2 Å². The number of benzene rings is 1. The Labute approximate surface area is 138 Å². The van der Waals surface area contributed by atoms with Crippen molar-refractivity contribution in [2.75, 3.05) is 27.9 Å². The number of H-pyrrole nitrogens is 1. The molecule has 128 valence electrons. The van der Waals surface area contributed by atoms with Crippen LogP contribution < -0.4 is 25.3 Å². The van der Waals surface area contributed by atoms with Gasteiger partial charge >= 0.3 is 0 Å². The number of amides is 2. The van der Waals surface area contributed by atoms with Crippen molar-refractivity contribution in [3.05, 3.63) is 23.9 Å². The molecule has 0 aliphatic heterocycles. The molecule has 0 saturated carbocycles. The zero-order chi connectivity index (χ0) is 17.7. The molecule has 2 rings (SSSR count). The molecule has 0 spiro atoms. The van der Waals surface area contributed by atoms with E-state index in [0.717, 1.165) is 0 Å². The van der Waals surface area contributed by atoms with Crippen molar-refractivity contribution in [3.8, 4) is 28.5 Å². The smallest absolute Gasteiger partial charge is 0.269 e. The van der Waals surface area contributed by atoms with Crippen LogP contribution in [0.2, 0.25) is 0 Å². The van der Waals surface area contributed by atoms with Gasteiger partial charge in [0, 0.05) is 5.56 Å². The van der Waals surface area contributed by atoms with Crippen molar-refractivity contribution in [1.29, 1.82) is 0 Å². The zero-order valence-corrected chi connectivity index (χ0v) is 13.5. The maximum Gasteiger partial charge on any atom is 0.269 e. The van der Waals surface area contributed by atoms with Crippen molar-refractivity contribution in [1.82, 2.24) is 15.5 Å². The molecule has 24 heavy (non-hydrogen) atoms. The first-order valence-electron chi connectivity index (χ1n) is 6.92. The summed E-state index contributed by atoms with van der Waals surface area (Å²) in [7, 11) is 4.53. The molecule has 0 aliphatic carbocycles. The Balaban J connectivity index is 2.32. The van der Waals surface area contributed by atoms with Crippen molar-refractivity contribution >= 4 is 11.8 Å². The normalized spacial score (nSPS) is 10.1. The highest BCUT2D eigenvalue weighted by molar-refractivity contribution is 5.95. The molecule has 2 amide bonds. The van der Waals surface area contributed by atoms with E-state index in [1.54, 1.807) is 12.1 Å². The summed E-state index contributed by atoms with van der Waals surface area (Å²) >= 11 is 0. The van der Waals surface area contributed by atoms with E-state index in [9.17, 15) is 9.59 Å². The van der Waals surface area contributed by atoms with Crippen LogP contribution in [0.1, 0.15) is 10.5 Å². The van der Waals surface area contributed by atoms with Gasteiger partial charge in [-0.15, -0.1) is 0 Å². The molecule has 0 aliphatic rings. The lowest BCUT2D eigenvalue weighted by Gasteiger charge is -2.13. The Bertz CT molecular complexity index is 731. The largest absolute Gasteiger partial charge is 0.493 e. The van der Waals surface area contributed by atoms with Gasteiger partial charge in [-0.1, -0.05) is 0 Å². The maximum atomic E-state index is 11.9. The van der Waals surface area contributed by atoms with E-state index in [-0.39, 0.29) is 12.2 Å². The molecular weight excluding hydrogens is 316 g/mol. The van der Waals surface area contributed by atoms with E-state index >= 15 is 0 Å². The van der Waals surface area contributed by atoms with Gasteiger partial charge in [0.15, 0.2) is 11.5 Å². The van der Waals surface area contributed by atoms with E-state index in [1.807, 2.05) is 0 Å². The average Bonchev–Trinajstić information content (AvgIpc) is 3.08. The lowest BCUT2D eigenvalue weighted by molar-refractivity contribution is -0.117. The van der Waals surface area contributed by atoms with Gasteiger partial charge < -0.3 is 25.3 Å². The summed E-state index contributed by atoms with van der Waals surface area (Å²) in [6, 6.07) is 4.96. The number of nitrogens with two attached hydrogens (primary N) is 1. The second-order valence-corrected chi connectivity index (χ2v) is 4.73. The highest BCUT2D eigenvalue weighted by Gasteiger charge is 2.17. The summed E-state index contributed by atoms with van der Waals surface area (Å²) in [5.41, 5.74) is 6.34. The first kappa shape index (κ1) is 17.1. The van der Waals surface area contributed by atoms with Gasteiger partial charge in [-0.25, -0.2) is 0 Å². The van der Waals surface area contributed by atoms with Gasteiger partial charge in [-0.05, 0) is 18.2 Å². The number of carbonyl (C=O) groups is 2. The Morgan fingerprint density at radius 2 is 1.75 bits per heavy atom. The van der Waals surface area contributed by atoms with Gasteiger partial charge in [0.2, 0.25) is 11.7 Å². The minimum atomic E-state index is -0.632. The summed E-state index contributed by atoms with van der Waals surface area (Å²) in [6.45, 7) is -0.253. The van der Waals surface area contributed by atoms with Crippen LogP contribution in [0.3, 0.4) is 0 Å². The van der Waals surface area contributed by atoms with Crippen LogP contribution in [0.25, 0.3) is 11.3 Å². The number of aromatic amines is 1. The van der Waals surface area contributed by atoms with Crippen LogP contribution in [0, 0.1) is 0 Å². The third-order valence-corrected chi connectivity index (χ3v) is 3.21. The summed E-state index contributed by atoms with van der Waals surface area (Å²) in [5, 5.41) is 9.06. The molecular formula is C15H18N4O5. The zero-order valence-electron chi connectivity index (χ0n) is 13.5. The van der Waals surface area contributed by atoms with Crippen molar-refractivity contribution in [3.63, 3.8) is 0 Å². The van der Waals surface area contributed by atoms with Gasteiger partial charge in [0.1, 0.15) is 5.69 Å². The quantitative estimate of drug-likeness (QED) is 0.669. The number of rotatable bonds is 7. The Morgan fingerprint density at radius 1 is 1.12 bits per heavy atom. The number of hydrogen-bond donors (Lipinski definition) is 3. The standard InChI is InChI=1S/C15H18N4O5/c1-22-11-4-8(5-12(23-2)14(11)24-3)9-6-10(19-18-9)15(21)17-7-13(16)20/h4-6H,7H2,1-3H3,(H2,16,20)(H,17,21)(H,18,19). The lowest BCUT2D eigenvalue weighted by Crippen LogP contribution is -2.33. The number of ether oxygens (including phenoxy) is 3. The second kappa shape index (κ2) is 7.36. The number of nitrogens with one attached hydrogen (secondary N) is 2. The van der Waals surface area contributed by atoms with Crippen LogP contribution in [0.15, 0.2) is 18.2 Å². The third-order valence-electron chi connectivity index (χ3n) is 3.21. The molecule has 0 radical (unpaired) electrons. The average molecular weight is 334 g/mol. The third kappa shape index (κ3) is 3.57. The van der Waals surface area contributed by atoms with Gasteiger partial charge in [0.05, 0.1) is 33.6 Å². The molecule has 9 nitrogen and oxygen atoms in total. The van der Waals surface area contributed by atoms with Crippen molar-refractivity contribution < 1.29 is 23.8 Å². The van der Waals surface area contributed by atoms with Crippen LogP contribution in [-0.2, 0) is 4.79 Å². The van der Waals surface area contributed by atoms with Gasteiger partial charge in [0.25, 0.3) is 5.91 Å². The topological polar surface area (TPSA) is 129 Å². The Morgan fingerprint density at radius 3 is 2.25 bits per heavy atom. The molecule has 0 atom stereocenters.